The first-order chi connectivity index (χ1) is 16.0. The van der Waals surface area contributed by atoms with E-state index in [1.165, 1.54) is 6.20 Å². The number of carbonyl (C=O) groups excluding carboxylic acids is 1. The number of hydrogen-bond donors (Lipinski definition) is 3. The predicted octanol–water partition coefficient (Wildman–Crippen LogP) is 2.79. The predicted molar refractivity (Wildman–Crippen MR) is 128 cm³/mol. The fourth-order valence-corrected chi connectivity index (χ4v) is 2.98. The Kier molecular flexibility index (Phi) is 7.68. The lowest BCUT2D eigenvalue weighted by Crippen LogP contribution is -2.21. The SMILES string of the molecule is CC/C=C\C(=NC)Nc1ncc(C(=O)NC)c(Nc2cccc(-c3ncn(C)n3)c2OC)n1. The summed E-state index contributed by atoms with van der Waals surface area (Å²) in [6, 6.07) is 5.51. The molecule has 0 spiro atoms. The number of benzene rings is 1. The highest BCUT2D eigenvalue weighted by Crippen LogP contribution is 2.36. The molecule has 0 aliphatic heterocycles. The van der Waals surface area contributed by atoms with Gasteiger partial charge in [0.15, 0.2) is 11.6 Å². The van der Waals surface area contributed by atoms with Crippen molar-refractivity contribution >= 4 is 29.2 Å². The number of allylic oxidation sites excluding steroid dienone is 1. The summed E-state index contributed by atoms with van der Waals surface area (Å²) >= 11 is 0. The van der Waals surface area contributed by atoms with Gasteiger partial charge in [0, 0.05) is 27.3 Å². The van der Waals surface area contributed by atoms with Crippen molar-refractivity contribution in [2.45, 2.75) is 13.3 Å². The Balaban J connectivity index is 2.02. The summed E-state index contributed by atoms with van der Waals surface area (Å²) in [4.78, 5) is 29.7. The molecular formula is C22H27N9O2. The molecule has 0 aliphatic rings. The van der Waals surface area contributed by atoms with Gasteiger partial charge in [0.05, 0.1) is 18.4 Å². The van der Waals surface area contributed by atoms with Gasteiger partial charge >= 0.3 is 0 Å². The number of carbonyl (C=O) groups is 1. The fraction of sp³-hybridized carbons (Fsp3) is 0.273. The second-order valence-electron chi connectivity index (χ2n) is 6.83. The summed E-state index contributed by atoms with van der Waals surface area (Å²) in [5.74, 6) is 1.87. The molecule has 0 fully saturated rings. The summed E-state index contributed by atoms with van der Waals surface area (Å²) < 4.78 is 7.27. The third kappa shape index (κ3) is 5.50. The van der Waals surface area contributed by atoms with Crippen LogP contribution in [0.3, 0.4) is 0 Å². The maximum atomic E-state index is 12.5. The monoisotopic (exact) mass is 449 g/mol. The maximum Gasteiger partial charge on any atom is 0.256 e. The zero-order valence-electron chi connectivity index (χ0n) is 19.2. The van der Waals surface area contributed by atoms with Crippen LogP contribution in [0.2, 0.25) is 0 Å². The number of amidine groups is 1. The van der Waals surface area contributed by atoms with Gasteiger partial charge in [-0.2, -0.15) is 10.1 Å². The number of aryl methyl sites for hydroxylation is 1. The molecule has 0 radical (unpaired) electrons. The van der Waals surface area contributed by atoms with E-state index in [4.69, 9.17) is 4.74 Å². The third-order valence-electron chi connectivity index (χ3n) is 4.57. The normalized spacial score (nSPS) is 11.5. The first-order valence-electron chi connectivity index (χ1n) is 10.3. The molecule has 3 rings (SSSR count). The average molecular weight is 450 g/mol. The molecule has 0 bridgehead atoms. The van der Waals surface area contributed by atoms with Gasteiger partial charge in [-0.25, -0.2) is 9.97 Å². The van der Waals surface area contributed by atoms with Crippen LogP contribution >= 0.6 is 0 Å². The molecule has 1 aromatic carbocycles. The quantitative estimate of drug-likeness (QED) is 0.353. The smallest absolute Gasteiger partial charge is 0.256 e. The zero-order valence-corrected chi connectivity index (χ0v) is 19.2. The molecule has 0 saturated heterocycles. The Morgan fingerprint density at radius 2 is 2.12 bits per heavy atom. The topological polar surface area (TPSA) is 131 Å². The van der Waals surface area contributed by atoms with Crippen molar-refractivity contribution in [2.24, 2.45) is 12.0 Å². The molecule has 0 unspecified atom stereocenters. The molecule has 0 aliphatic carbocycles. The molecule has 11 heteroatoms. The summed E-state index contributed by atoms with van der Waals surface area (Å²) in [5, 5.41) is 13.2. The minimum absolute atomic E-state index is 0.269. The maximum absolute atomic E-state index is 12.5. The Hall–Kier alpha value is -4.28. The Labute approximate surface area is 192 Å². The van der Waals surface area contributed by atoms with Crippen molar-refractivity contribution in [1.82, 2.24) is 30.0 Å². The van der Waals surface area contributed by atoms with E-state index in [1.54, 1.807) is 39.3 Å². The molecule has 0 saturated carbocycles. The van der Waals surface area contributed by atoms with Gasteiger partial charge in [-0.3, -0.25) is 14.5 Å². The lowest BCUT2D eigenvalue weighted by Gasteiger charge is -2.16. The fourth-order valence-electron chi connectivity index (χ4n) is 2.98. The molecule has 3 aromatic rings. The van der Waals surface area contributed by atoms with E-state index in [9.17, 15) is 4.79 Å². The number of hydrogen-bond acceptors (Lipinski definition) is 8. The molecular weight excluding hydrogens is 422 g/mol. The van der Waals surface area contributed by atoms with Gasteiger partial charge < -0.3 is 20.7 Å². The van der Waals surface area contributed by atoms with E-state index >= 15 is 0 Å². The number of ether oxygens (including phenoxy) is 1. The number of nitrogens with one attached hydrogen (secondary N) is 3. The van der Waals surface area contributed by atoms with Crippen LogP contribution in [0.5, 0.6) is 5.75 Å². The minimum atomic E-state index is -0.333. The highest BCUT2D eigenvalue weighted by molar-refractivity contribution is 6.03. The molecule has 1 amide bonds. The van der Waals surface area contributed by atoms with Crippen LogP contribution in [0.4, 0.5) is 17.5 Å². The summed E-state index contributed by atoms with van der Waals surface area (Å²) in [7, 11) is 6.56. The standard InChI is InChI=1S/C22H27N9O2/c1-6-7-11-17(23-2)28-22-25-12-15(21(32)24-3)20(29-22)27-16-10-8-9-14(18(16)33-5)19-26-13-31(4)30-19/h7-13H,6H2,1-5H3,(H,24,32)(H2,23,25,27,28,29)/b11-7-. The van der Waals surface area contributed by atoms with Crippen LogP contribution in [0.25, 0.3) is 11.4 Å². The third-order valence-corrected chi connectivity index (χ3v) is 4.57. The molecule has 172 valence electrons. The van der Waals surface area contributed by atoms with Gasteiger partial charge in [0.2, 0.25) is 5.95 Å². The van der Waals surface area contributed by atoms with Crippen LogP contribution in [-0.4, -0.2) is 57.7 Å². The minimum Gasteiger partial charge on any atom is -0.494 e. The molecule has 2 aromatic heterocycles. The number of methoxy groups -OCH3 is 1. The highest BCUT2D eigenvalue weighted by Gasteiger charge is 2.19. The molecule has 33 heavy (non-hydrogen) atoms. The van der Waals surface area contributed by atoms with Crippen molar-refractivity contribution in [3.8, 4) is 17.1 Å². The van der Waals surface area contributed by atoms with E-state index in [0.717, 1.165) is 6.42 Å². The van der Waals surface area contributed by atoms with Gasteiger partial charge in [0.25, 0.3) is 5.91 Å². The van der Waals surface area contributed by atoms with Crippen molar-refractivity contribution in [3.63, 3.8) is 0 Å². The molecule has 2 heterocycles. The zero-order chi connectivity index (χ0) is 23.8. The summed E-state index contributed by atoms with van der Waals surface area (Å²) in [6.45, 7) is 2.03. The van der Waals surface area contributed by atoms with E-state index in [1.807, 2.05) is 37.3 Å². The van der Waals surface area contributed by atoms with E-state index in [-0.39, 0.29) is 17.4 Å². The number of para-hydroxylation sites is 1. The Morgan fingerprint density at radius 3 is 2.76 bits per heavy atom. The van der Waals surface area contributed by atoms with Crippen molar-refractivity contribution in [2.75, 3.05) is 31.8 Å². The lowest BCUT2D eigenvalue weighted by atomic mass is 10.1. The number of rotatable bonds is 8. The first kappa shape index (κ1) is 23.4. The van der Waals surface area contributed by atoms with Crippen molar-refractivity contribution in [3.05, 3.63) is 48.4 Å². The number of anilines is 3. The van der Waals surface area contributed by atoms with Gasteiger partial charge in [0.1, 0.15) is 23.5 Å². The number of aliphatic imine (C=N–C) groups is 1. The Morgan fingerprint density at radius 1 is 1.30 bits per heavy atom. The molecule has 0 atom stereocenters. The van der Waals surface area contributed by atoms with Crippen LogP contribution in [0.15, 0.2) is 47.9 Å². The van der Waals surface area contributed by atoms with E-state index in [2.05, 4.69) is 41.0 Å². The van der Waals surface area contributed by atoms with Gasteiger partial charge in [-0.05, 0) is 24.6 Å². The average Bonchev–Trinajstić information content (AvgIpc) is 3.27. The van der Waals surface area contributed by atoms with Crippen molar-refractivity contribution < 1.29 is 9.53 Å². The number of aromatic nitrogens is 5. The van der Waals surface area contributed by atoms with E-state index < -0.39 is 0 Å². The second-order valence-corrected chi connectivity index (χ2v) is 6.83. The van der Waals surface area contributed by atoms with Crippen LogP contribution < -0.4 is 20.7 Å². The number of nitrogens with zero attached hydrogens (tertiary/aromatic N) is 6. The van der Waals surface area contributed by atoms with Crippen LogP contribution in [-0.2, 0) is 7.05 Å². The Bertz CT molecular complexity index is 1180. The van der Waals surface area contributed by atoms with Gasteiger partial charge in [-0.15, -0.1) is 0 Å². The van der Waals surface area contributed by atoms with Crippen molar-refractivity contribution in [1.29, 1.82) is 0 Å². The molecule has 11 nitrogen and oxygen atoms in total. The largest absolute Gasteiger partial charge is 0.494 e. The summed E-state index contributed by atoms with van der Waals surface area (Å²) in [6.07, 6.45) is 7.74. The number of amides is 1. The first-order valence-corrected chi connectivity index (χ1v) is 10.3. The molecule has 3 N–H and O–H groups in total. The van der Waals surface area contributed by atoms with E-state index in [0.29, 0.717) is 34.5 Å². The lowest BCUT2D eigenvalue weighted by molar-refractivity contribution is 0.0963. The second kappa shape index (κ2) is 10.8. The van der Waals surface area contributed by atoms with Crippen LogP contribution in [0, 0.1) is 0 Å². The summed E-state index contributed by atoms with van der Waals surface area (Å²) in [5.41, 5.74) is 1.56. The highest BCUT2D eigenvalue weighted by atomic mass is 16.5. The van der Waals surface area contributed by atoms with Crippen LogP contribution in [0.1, 0.15) is 23.7 Å². The van der Waals surface area contributed by atoms with Gasteiger partial charge in [-0.1, -0.05) is 19.1 Å².